The summed E-state index contributed by atoms with van der Waals surface area (Å²) >= 11 is 0. The smallest absolute Gasteiger partial charge is 0.223 e. The van der Waals surface area contributed by atoms with E-state index in [1.54, 1.807) is 0 Å². The number of halogens is 2. The molecule has 2 rings (SSSR count). The van der Waals surface area contributed by atoms with Crippen molar-refractivity contribution in [3.8, 4) is 0 Å². The number of carbonyl (C=O) groups is 1. The maximum absolute atomic E-state index is 13.2. The zero-order chi connectivity index (χ0) is 15.4. The zero-order valence-electron chi connectivity index (χ0n) is 12.7. The Bertz CT molecular complexity index is 483. The maximum atomic E-state index is 13.2. The second-order valence-electron chi connectivity index (χ2n) is 6.12. The van der Waals surface area contributed by atoms with Gasteiger partial charge in [0, 0.05) is 18.5 Å². The third-order valence-electron chi connectivity index (χ3n) is 4.29. The van der Waals surface area contributed by atoms with Gasteiger partial charge >= 0.3 is 0 Å². The van der Waals surface area contributed by atoms with Gasteiger partial charge in [0.05, 0.1) is 0 Å². The Morgan fingerprint density at radius 2 is 1.95 bits per heavy atom. The minimum Gasteiger partial charge on any atom is -0.356 e. The number of hydrogen-bond acceptors (Lipinski definition) is 1. The van der Waals surface area contributed by atoms with Gasteiger partial charge in [-0.1, -0.05) is 6.92 Å². The van der Waals surface area contributed by atoms with Crippen LogP contribution in [0.25, 0.3) is 0 Å². The molecule has 0 heterocycles. The Labute approximate surface area is 124 Å². The molecule has 1 aliphatic rings. The Balaban J connectivity index is 1.95. The molecule has 116 valence electrons. The van der Waals surface area contributed by atoms with Gasteiger partial charge in [0.1, 0.15) is 11.6 Å². The predicted molar refractivity (Wildman–Crippen MR) is 78.7 cm³/mol. The van der Waals surface area contributed by atoms with Crippen LogP contribution in [0.15, 0.2) is 18.2 Å². The topological polar surface area (TPSA) is 29.1 Å². The molecule has 3 atom stereocenters. The van der Waals surface area contributed by atoms with Crippen molar-refractivity contribution < 1.29 is 13.6 Å². The molecule has 1 amide bonds. The lowest BCUT2D eigenvalue weighted by Gasteiger charge is -2.16. The maximum Gasteiger partial charge on any atom is 0.223 e. The molecule has 0 bridgehead atoms. The lowest BCUT2D eigenvalue weighted by molar-refractivity contribution is -0.125. The normalized spacial score (nSPS) is 21.9. The first-order valence-electron chi connectivity index (χ1n) is 7.72. The first-order chi connectivity index (χ1) is 9.99. The molecule has 3 unspecified atom stereocenters. The van der Waals surface area contributed by atoms with Crippen molar-refractivity contribution in [2.75, 3.05) is 6.54 Å². The van der Waals surface area contributed by atoms with Gasteiger partial charge in [-0.05, 0) is 62.1 Å². The highest BCUT2D eigenvalue weighted by Crippen LogP contribution is 2.43. The summed E-state index contributed by atoms with van der Waals surface area (Å²) in [6, 6.07) is 3.56. The molecule has 0 aromatic heterocycles. The van der Waals surface area contributed by atoms with Crippen LogP contribution in [0.2, 0.25) is 0 Å². The highest BCUT2D eigenvalue weighted by atomic mass is 19.1. The van der Waals surface area contributed by atoms with Gasteiger partial charge in [-0.2, -0.15) is 0 Å². The summed E-state index contributed by atoms with van der Waals surface area (Å²) in [6.45, 7) is 4.71. The van der Waals surface area contributed by atoms with E-state index in [9.17, 15) is 13.6 Å². The first-order valence-corrected chi connectivity index (χ1v) is 7.72. The second-order valence-corrected chi connectivity index (χ2v) is 6.12. The van der Waals surface area contributed by atoms with E-state index in [2.05, 4.69) is 12.2 Å². The summed E-state index contributed by atoms with van der Waals surface area (Å²) in [6.07, 6.45) is 3.23. The molecule has 21 heavy (non-hydrogen) atoms. The Hall–Kier alpha value is -1.45. The molecular weight excluding hydrogens is 272 g/mol. The number of hydrogen-bond donors (Lipinski definition) is 1. The summed E-state index contributed by atoms with van der Waals surface area (Å²) in [5.41, 5.74) is 0.616. The summed E-state index contributed by atoms with van der Waals surface area (Å²) in [4.78, 5) is 12.1. The molecule has 1 aliphatic carbocycles. The highest BCUT2D eigenvalue weighted by Gasteiger charge is 2.36. The standard InChI is InChI=1S/C17H23F2NO/c1-3-20-17(21)13(9-14-6-11(14)2)5-4-12-7-15(18)10-16(19)8-12/h7-8,10-11,13-14H,3-6,9H2,1-2H3,(H,20,21). The van der Waals surface area contributed by atoms with Gasteiger partial charge in [-0.25, -0.2) is 8.78 Å². The molecule has 0 radical (unpaired) electrons. The summed E-state index contributed by atoms with van der Waals surface area (Å²) in [5, 5.41) is 2.87. The van der Waals surface area contributed by atoms with Crippen molar-refractivity contribution >= 4 is 5.91 Å². The van der Waals surface area contributed by atoms with Crippen LogP contribution < -0.4 is 5.32 Å². The molecule has 0 aliphatic heterocycles. The third kappa shape index (κ3) is 4.80. The van der Waals surface area contributed by atoms with Crippen molar-refractivity contribution in [3.05, 3.63) is 35.4 Å². The molecule has 1 fully saturated rings. The second kappa shape index (κ2) is 7.01. The number of rotatable bonds is 7. The molecule has 0 spiro atoms. The molecular formula is C17H23F2NO. The molecule has 4 heteroatoms. The van der Waals surface area contributed by atoms with Gasteiger partial charge in [0.2, 0.25) is 5.91 Å². The quantitative estimate of drug-likeness (QED) is 0.816. The first kappa shape index (κ1) is 15.9. The Morgan fingerprint density at radius 3 is 2.48 bits per heavy atom. The van der Waals surface area contributed by atoms with Gasteiger partial charge in [0.15, 0.2) is 0 Å². The number of benzene rings is 1. The summed E-state index contributed by atoms with van der Waals surface area (Å²) < 4.78 is 26.4. The fraction of sp³-hybridized carbons (Fsp3) is 0.588. The van der Waals surface area contributed by atoms with E-state index in [4.69, 9.17) is 0 Å². The van der Waals surface area contributed by atoms with E-state index in [0.29, 0.717) is 36.8 Å². The van der Waals surface area contributed by atoms with Crippen LogP contribution in [0.5, 0.6) is 0 Å². The summed E-state index contributed by atoms with van der Waals surface area (Å²) in [5.74, 6) is 0.209. The van der Waals surface area contributed by atoms with Crippen molar-refractivity contribution in [2.24, 2.45) is 17.8 Å². The van der Waals surface area contributed by atoms with Gasteiger partial charge in [0.25, 0.3) is 0 Å². The minimum absolute atomic E-state index is 0.0634. The molecule has 1 aromatic carbocycles. The zero-order valence-corrected chi connectivity index (χ0v) is 12.7. The van der Waals surface area contributed by atoms with Crippen LogP contribution in [0.3, 0.4) is 0 Å². The monoisotopic (exact) mass is 295 g/mol. The van der Waals surface area contributed by atoms with Gasteiger partial charge in [-0.15, -0.1) is 0 Å². The molecule has 1 N–H and O–H groups in total. The lowest BCUT2D eigenvalue weighted by atomic mass is 9.93. The predicted octanol–water partition coefficient (Wildman–Crippen LogP) is 3.70. The molecule has 1 saturated carbocycles. The number of amides is 1. The molecule has 2 nitrogen and oxygen atoms in total. The Kier molecular flexibility index (Phi) is 5.32. The van der Waals surface area contributed by atoms with Crippen LogP contribution in [-0.2, 0) is 11.2 Å². The van der Waals surface area contributed by atoms with E-state index in [-0.39, 0.29) is 11.8 Å². The minimum atomic E-state index is -0.560. The number of carbonyl (C=O) groups excluding carboxylic acids is 1. The van der Waals surface area contributed by atoms with E-state index < -0.39 is 11.6 Å². The third-order valence-corrected chi connectivity index (χ3v) is 4.29. The van der Waals surface area contributed by atoms with Crippen LogP contribution >= 0.6 is 0 Å². The fourth-order valence-electron chi connectivity index (χ4n) is 2.86. The van der Waals surface area contributed by atoms with Crippen molar-refractivity contribution in [3.63, 3.8) is 0 Å². The fourth-order valence-corrected chi connectivity index (χ4v) is 2.86. The van der Waals surface area contributed by atoms with Gasteiger partial charge < -0.3 is 5.32 Å². The van der Waals surface area contributed by atoms with Crippen molar-refractivity contribution in [2.45, 2.75) is 39.5 Å². The van der Waals surface area contributed by atoms with Gasteiger partial charge in [-0.3, -0.25) is 4.79 Å². The van der Waals surface area contributed by atoms with Crippen molar-refractivity contribution in [1.82, 2.24) is 5.32 Å². The largest absolute Gasteiger partial charge is 0.356 e. The summed E-state index contributed by atoms with van der Waals surface area (Å²) in [7, 11) is 0. The number of nitrogens with one attached hydrogen (secondary N) is 1. The van der Waals surface area contributed by atoms with Crippen LogP contribution in [0, 0.1) is 29.4 Å². The van der Waals surface area contributed by atoms with E-state index in [1.165, 1.54) is 18.6 Å². The lowest BCUT2D eigenvalue weighted by Crippen LogP contribution is -2.31. The molecule has 1 aromatic rings. The van der Waals surface area contributed by atoms with Crippen LogP contribution in [0.4, 0.5) is 8.78 Å². The molecule has 0 saturated heterocycles. The van der Waals surface area contributed by atoms with Crippen LogP contribution in [0.1, 0.15) is 38.7 Å². The van der Waals surface area contributed by atoms with E-state index >= 15 is 0 Å². The SMILES string of the molecule is CCNC(=O)C(CCc1cc(F)cc(F)c1)CC1CC1C. The number of aryl methyl sites for hydroxylation is 1. The Morgan fingerprint density at radius 1 is 1.33 bits per heavy atom. The average Bonchev–Trinajstić information content (AvgIpc) is 3.09. The van der Waals surface area contributed by atoms with Crippen molar-refractivity contribution in [1.29, 1.82) is 0 Å². The van der Waals surface area contributed by atoms with E-state index in [0.717, 1.165) is 12.5 Å². The van der Waals surface area contributed by atoms with E-state index in [1.807, 2.05) is 6.92 Å². The highest BCUT2D eigenvalue weighted by molar-refractivity contribution is 5.78. The van der Waals surface area contributed by atoms with Crippen LogP contribution in [-0.4, -0.2) is 12.5 Å². The average molecular weight is 295 g/mol.